The van der Waals surface area contributed by atoms with Crippen molar-refractivity contribution >= 4 is 9.84 Å². The van der Waals surface area contributed by atoms with E-state index in [1.165, 1.54) is 30.3 Å². The van der Waals surface area contributed by atoms with E-state index < -0.39 is 39.0 Å². The normalized spacial score (nSPS) is 27.0. The Kier molecular flexibility index (Phi) is 3.78. The number of rotatable bonds is 4. The zero-order valence-electron chi connectivity index (χ0n) is 12.6. The third-order valence-corrected chi connectivity index (χ3v) is 6.78. The summed E-state index contributed by atoms with van der Waals surface area (Å²) in [6.45, 7) is 1.38. The van der Waals surface area contributed by atoms with Crippen molar-refractivity contribution in [2.75, 3.05) is 6.61 Å². The van der Waals surface area contributed by atoms with E-state index >= 15 is 0 Å². The third-order valence-electron chi connectivity index (χ3n) is 4.47. The molecular formula is C17H18FNO3S. The van der Waals surface area contributed by atoms with Gasteiger partial charge >= 0.3 is 0 Å². The number of benzene rings is 2. The van der Waals surface area contributed by atoms with Crippen LogP contribution in [0.1, 0.15) is 17.0 Å². The summed E-state index contributed by atoms with van der Waals surface area (Å²) in [6, 6.07) is 12.2. The summed E-state index contributed by atoms with van der Waals surface area (Å²) in [7, 11) is -3.72. The lowest BCUT2D eigenvalue weighted by Gasteiger charge is -2.08. The molecule has 2 aromatic carbocycles. The lowest BCUT2D eigenvalue weighted by Crippen LogP contribution is -2.35. The van der Waals surface area contributed by atoms with Crippen LogP contribution in [0.25, 0.3) is 0 Å². The highest BCUT2D eigenvalue weighted by Crippen LogP contribution is 2.55. The van der Waals surface area contributed by atoms with Crippen molar-refractivity contribution in [1.82, 2.24) is 0 Å². The number of sulfone groups is 1. The highest BCUT2D eigenvalue weighted by molar-refractivity contribution is 7.92. The fourth-order valence-electron chi connectivity index (χ4n) is 3.14. The van der Waals surface area contributed by atoms with Gasteiger partial charge in [-0.2, -0.15) is 0 Å². The first kappa shape index (κ1) is 16.1. The van der Waals surface area contributed by atoms with Crippen molar-refractivity contribution in [3.05, 3.63) is 65.5 Å². The SMILES string of the molecule is Cc1ccc(S(=O)(=O)[C@H]2[C@@H](c3cccc(F)c3)[C@@]2(N)CO)cc1. The monoisotopic (exact) mass is 335 g/mol. The Hall–Kier alpha value is -1.76. The minimum atomic E-state index is -3.72. The topological polar surface area (TPSA) is 80.4 Å². The molecule has 1 saturated carbocycles. The Balaban J connectivity index is 2.03. The van der Waals surface area contributed by atoms with Gasteiger partial charge in [0.1, 0.15) is 5.82 Å². The van der Waals surface area contributed by atoms with Gasteiger partial charge in [0.25, 0.3) is 0 Å². The number of hydrogen-bond acceptors (Lipinski definition) is 4. The molecule has 0 amide bonds. The molecule has 0 bridgehead atoms. The van der Waals surface area contributed by atoms with Crippen LogP contribution in [-0.2, 0) is 9.84 Å². The van der Waals surface area contributed by atoms with Gasteiger partial charge in [-0.15, -0.1) is 0 Å². The molecule has 0 spiro atoms. The molecule has 0 saturated heterocycles. The average molecular weight is 335 g/mol. The van der Waals surface area contributed by atoms with E-state index in [-0.39, 0.29) is 4.90 Å². The zero-order valence-corrected chi connectivity index (χ0v) is 13.4. The standard InChI is InChI=1S/C17H18FNO3S/c1-11-5-7-14(8-6-11)23(21,22)16-15(17(16,19)10-20)12-3-2-4-13(18)9-12/h2-9,15-16,20H,10,19H2,1H3/t15-,16+,17+/m1/s1. The molecule has 0 aliphatic heterocycles. The third kappa shape index (κ3) is 2.56. The van der Waals surface area contributed by atoms with Crippen molar-refractivity contribution in [3.63, 3.8) is 0 Å². The second-order valence-corrected chi connectivity index (χ2v) is 8.15. The van der Waals surface area contributed by atoms with E-state index in [1.54, 1.807) is 18.2 Å². The van der Waals surface area contributed by atoms with Crippen LogP contribution in [0.3, 0.4) is 0 Å². The highest BCUT2D eigenvalue weighted by atomic mass is 32.2. The van der Waals surface area contributed by atoms with Crippen LogP contribution in [0.15, 0.2) is 53.4 Å². The summed E-state index contributed by atoms with van der Waals surface area (Å²) in [5.41, 5.74) is 6.26. The van der Waals surface area contributed by atoms with Crippen molar-refractivity contribution in [2.24, 2.45) is 5.73 Å². The van der Waals surface area contributed by atoms with Crippen LogP contribution < -0.4 is 5.73 Å². The maximum atomic E-state index is 13.4. The van der Waals surface area contributed by atoms with Gasteiger partial charge in [-0.25, -0.2) is 12.8 Å². The van der Waals surface area contributed by atoms with Crippen LogP contribution in [0, 0.1) is 12.7 Å². The quantitative estimate of drug-likeness (QED) is 0.892. The molecule has 3 atom stereocenters. The Morgan fingerprint density at radius 2 is 1.87 bits per heavy atom. The molecule has 4 nitrogen and oxygen atoms in total. The minimum absolute atomic E-state index is 0.162. The number of aryl methyl sites for hydroxylation is 1. The van der Waals surface area contributed by atoms with Crippen LogP contribution in [-0.4, -0.2) is 30.9 Å². The zero-order chi connectivity index (χ0) is 16.8. The first-order valence-corrected chi connectivity index (χ1v) is 8.81. The van der Waals surface area contributed by atoms with E-state index in [9.17, 15) is 17.9 Å². The van der Waals surface area contributed by atoms with Crippen molar-refractivity contribution in [1.29, 1.82) is 0 Å². The largest absolute Gasteiger partial charge is 0.394 e. The lowest BCUT2D eigenvalue weighted by molar-refractivity contribution is 0.253. The summed E-state index contributed by atoms with van der Waals surface area (Å²) in [4.78, 5) is 0.162. The molecule has 3 N–H and O–H groups in total. The van der Waals surface area contributed by atoms with Crippen LogP contribution in [0.2, 0.25) is 0 Å². The molecule has 2 aromatic rings. The molecule has 3 rings (SSSR count). The van der Waals surface area contributed by atoms with E-state index in [1.807, 2.05) is 6.92 Å². The molecule has 6 heteroatoms. The summed E-state index contributed by atoms with van der Waals surface area (Å²) in [6.07, 6.45) is 0. The first-order valence-electron chi connectivity index (χ1n) is 7.26. The molecule has 1 fully saturated rings. The number of hydrogen-bond donors (Lipinski definition) is 2. The van der Waals surface area contributed by atoms with Gasteiger partial charge in [0.05, 0.1) is 22.3 Å². The van der Waals surface area contributed by atoms with Gasteiger partial charge in [-0.05, 0) is 36.8 Å². The second kappa shape index (κ2) is 5.40. The maximum Gasteiger partial charge on any atom is 0.183 e. The summed E-state index contributed by atoms with van der Waals surface area (Å²) < 4.78 is 39.2. The van der Waals surface area contributed by atoms with Crippen LogP contribution in [0.5, 0.6) is 0 Å². The van der Waals surface area contributed by atoms with Gasteiger partial charge in [0.15, 0.2) is 9.84 Å². The predicted octanol–water partition coefficient (Wildman–Crippen LogP) is 1.76. The van der Waals surface area contributed by atoms with Crippen LogP contribution in [0.4, 0.5) is 4.39 Å². The minimum Gasteiger partial charge on any atom is -0.394 e. The Morgan fingerprint density at radius 1 is 1.22 bits per heavy atom. The molecule has 0 heterocycles. The van der Waals surface area contributed by atoms with Gasteiger partial charge in [0.2, 0.25) is 0 Å². The number of aliphatic hydroxyl groups is 1. The Bertz CT molecular complexity index is 835. The molecule has 0 aromatic heterocycles. The molecule has 1 aliphatic carbocycles. The highest BCUT2D eigenvalue weighted by Gasteiger charge is 2.69. The van der Waals surface area contributed by atoms with Gasteiger partial charge in [0, 0.05) is 5.92 Å². The van der Waals surface area contributed by atoms with Gasteiger partial charge < -0.3 is 10.8 Å². The summed E-state index contributed by atoms with van der Waals surface area (Å²) >= 11 is 0. The smallest absolute Gasteiger partial charge is 0.183 e. The second-order valence-electron chi connectivity index (χ2n) is 6.08. The Labute approximate surface area is 134 Å². The van der Waals surface area contributed by atoms with Crippen molar-refractivity contribution < 1.29 is 17.9 Å². The maximum absolute atomic E-state index is 13.4. The number of nitrogens with two attached hydrogens (primary N) is 1. The van der Waals surface area contributed by atoms with E-state index in [0.29, 0.717) is 5.56 Å². The van der Waals surface area contributed by atoms with Crippen LogP contribution >= 0.6 is 0 Å². The summed E-state index contributed by atoms with van der Waals surface area (Å²) in [5, 5.41) is 8.64. The molecule has 122 valence electrons. The molecule has 23 heavy (non-hydrogen) atoms. The van der Waals surface area contributed by atoms with Crippen molar-refractivity contribution in [3.8, 4) is 0 Å². The fourth-order valence-corrected chi connectivity index (χ4v) is 5.44. The average Bonchev–Trinajstić information content (AvgIpc) is 3.15. The Morgan fingerprint density at radius 3 is 2.43 bits per heavy atom. The van der Waals surface area contributed by atoms with E-state index in [4.69, 9.17) is 5.73 Å². The van der Waals surface area contributed by atoms with Gasteiger partial charge in [-0.3, -0.25) is 0 Å². The first-order chi connectivity index (χ1) is 10.8. The van der Waals surface area contributed by atoms with E-state index in [2.05, 4.69) is 0 Å². The predicted molar refractivity (Wildman–Crippen MR) is 85.3 cm³/mol. The molecule has 1 aliphatic rings. The molecular weight excluding hydrogens is 317 g/mol. The summed E-state index contributed by atoms with van der Waals surface area (Å²) in [5.74, 6) is -1.09. The fraction of sp³-hybridized carbons (Fsp3) is 0.294. The molecule has 0 radical (unpaired) electrons. The van der Waals surface area contributed by atoms with Gasteiger partial charge in [-0.1, -0.05) is 29.8 Å². The van der Waals surface area contributed by atoms with E-state index in [0.717, 1.165) is 5.56 Å². The number of halogens is 1. The number of aliphatic hydroxyl groups excluding tert-OH is 1. The lowest BCUT2D eigenvalue weighted by atomic mass is 10.1. The molecule has 0 unspecified atom stereocenters. The van der Waals surface area contributed by atoms with Crippen molar-refractivity contribution in [2.45, 2.75) is 28.5 Å².